The first-order chi connectivity index (χ1) is 12.6. The third kappa shape index (κ3) is 3.01. The van der Waals surface area contributed by atoms with Crippen molar-refractivity contribution in [2.45, 2.75) is 25.4 Å². The molecule has 2 aromatic carbocycles. The number of carbonyl (C=O) groups is 2. The zero-order chi connectivity index (χ0) is 18.1. The highest BCUT2D eigenvalue weighted by molar-refractivity contribution is 6.46. The van der Waals surface area contributed by atoms with Gasteiger partial charge in [0.15, 0.2) is 0 Å². The normalized spacial score (nSPS) is 18.6. The Labute approximate surface area is 152 Å². The second kappa shape index (κ2) is 6.41. The largest absolute Gasteiger partial charge is 0.338 e. The number of hydrogen-bond acceptors (Lipinski definition) is 3. The van der Waals surface area contributed by atoms with E-state index in [2.05, 4.69) is 5.32 Å². The molecule has 5 heteroatoms. The molecule has 1 saturated heterocycles. The molecule has 1 spiro atoms. The van der Waals surface area contributed by atoms with Gasteiger partial charge in [-0.15, -0.1) is 0 Å². The lowest BCUT2D eigenvalue weighted by Crippen LogP contribution is -2.52. The van der Waals surface area contributed by atoms with Gasteiger partial charge >= 0.3 is 0 Å². The maximum atomic E-state index is 12.6. The summed E-state index contributed by atoms with van der Waals surface area (Å²) in [5.41, 5.74) is 2.56. The number of rotatable bonds is 2. The summed E-state index contributed by atoms with van der Waals surface area (Å²) in [5, 5.41) is 3.06. The molecule has 4 rings (SSSR count). The Morgan fingerprint density at radius 1 is 1.08 bits per heavy atom. The van der Waals surface area contributed by atoms with E-state index >= 15 is 0 Å². The van der Waals surface area contributed by atoms with Gasteiger partial charge in [-0.05, 0) is 25.1 Å². The van der Waals surface area contributed by atoms with Gasteiger partial charge in [0, 0.05) is 37.1 Å². The fourth-order valence-electron chi connectivity index (χ4n) is 3.63. The molecular weight excluding hydrogens is 326 g/mol. The average molecular weight is 347 g/mol. The molecule has 0 radical (unpaired) electrons. The van der Waals surface area contributed by atoms with Crippen molar-refractivity contribution in [2.24, 2.45) is 4.99 Å². The molecule has 5 nitrogen and oxygen atoms in total. The fraction of sp³-hybridized carbons (Fsp3) is 0.286. The molecule has 132 valence electrons. The van der Waals surface area contributed by atoms with Crippen LogP contribution < -0.4 is 5.32 Å². The highest BCUT2D eigenvalue weighted by Crippen LogP contribution is 2.29. The molecule has 2 heterocycles. The van der Waals surface area contributed by atoms with Crippen molar-refractivity contribution >= 4 is 17.5 Å². The number of aliphatic imine (C=N–C) groups is 1. The van der Waals surface area contributed by atoms with Gasteiger partial charge in [0.1, 0.15) is 11.4 Å². The van der Waals surface area contributed by atoms with E-state index in [4.69, 9.17) is 4.99 Å². The van der Waals surface area contributed by atoms with Crippen molar-refractivity contribution in [3.8, 4) is 0 Å². The van der Waals surface area contributed by atoms with E-state index in [0.29, 0.717) is 37.2 Å². The molecule has 0 bridgehead atoms. The molecule has 2 aromatic rings. The summed E-state index contributed by atoms with van der Waals surface area (Å²) < 4.78 is 0. The standard InChI is InChI=1S/C21H21N3O2/c1-15-6-5-9-17(14-15)18-19(25)23-21(22-18)10-12-24(13-11-21)20(26)16-7-3-2-4-8-16/h2-9,14H,10-13H2,1H3,(H,23,25). The predicted molar refractivity (Wildman–Crippen MR) is 100 cm³/mol. The minimum atomic E-state index is -0.580. The Morgan fingerprint density at radius 2 is 1.81 bits per heavy atom. The first kappa shape index (κ1) is 16.5. The van der Waals surface area contributed by atoms with Crippen LogP contribution in [0.2, 0.25) is 0 Å². The summed E-state index contributed by atoms with van der Waals surface area (Å²) >= 11 is 0. The number of benzene rings is 2. The van der Waals surface area contributed by atoms with Crippen LogP contribution in [0.3, 0.4) is 0 Å². The van der Waals surface area contributed by atoms with E-state index in [-0.39, 0.29) is 11.8 Å². The minimum Gasteiger partial charge on any atom is -0.338 e. The Hall–Kier alpha value is -2.95. The highest BCUT2D eigenvalue weighted by atomic mass is 16.2. The summed E-state index contributed by atoms with van der Waals surface area (Å²) in [5.74, 6) is -0.0916. The SMILES string of the molecule is Cc1cccc(C2=NC3(CCN(C(=O)c4ccccc4)CC3)NC2=O)c1. The lowest BCUT2D eigenvalue weighted by molar-refractivity contribution is -0.115. The zero-order valence-corrected chi connectivity index (χ0v) is 14.7. The van der Waals surface area contributed by atoms with E-state index < -0.39 is 5.66 Å². The van der Waals surface area contributed by atoms with E-state index in [1.54, 1.807) is 0 Å². The van der Waals surface area contributed by atoms with Gasteiger partial charge in [0.25, 0.3) is 11.8 Å². The van der Waals surface area contributed by atoms with Gasteiger partial charge in [-0.2, -0.15) is 0 Å². The van der Waals surface area contributed by atoms with Crippen LogP contribution in [0.1, 0.15) is 34.3 Å². The van der Waals surface area contributed by atoms with Crippen LogP contribution in [0.5, 0.6) is 0 Å². The number of carbonyl (C=O) groups excluding carboxylic acids is 2. The van der Waals surface area contributed by atoms with E-state index in [9.17, 15) is 9.59 Å². The first-order valence-electron chi connectivity index (χ1n) is 8.90. The maximum absolute atomic E-state index is 12.6. The quantitative estimate of drug-likeness (QED) is 0.907. The zero-order valence-electron chi connectivity index (χ0n) is 14.7. The van der Waals surface area contributed by atoms with Crippen LogP contribution in [0, 0.1) is 6.92 Å². The fourth-order valence-corrected chi connectivity index (χ4v) is 3.63. The third-order valence-electron chi connectivity index (χ3n) is 5.08. The summed E-state index contributed by atoms with van der Waals surface area (Å²) in [7, 11) is 0. The van der Waals surface area contributed by atoms with Crippen molar-refractivity contribution in [1.29, 1.82) is 0 Å². The molecule has 2 aliphatic rings. The molecule has 0 saturated carbocycles. The van der Waals surface area contributed by atoms with E-state index in [1.807, 2.05) is 66.4 Å². The molecule has 0 aromatic heterocycles. The first-order valence-corrected chi connectivity index (χ1v) is 8.90. The molecule has 1 N–H and O–H groups in total. The van der Waals surface area contributed by atoms with E-state index in [1.165, 1.54) is 0 Å². The molecule has 0 unspecified atom stereocenters. The van der Waals surface area contributed by atoms with Crippen LogP contribution in [0.25, 0.3) is 0 Å². The number of nitrogens with zero attached hydrogens (tertiary/aromatic N) is 2. The highest BCUT2D eigenvalue weighted by Gasteiger charge is 2.42. The molecule has 2 amide bonds. The van der Waals surface area contributed by atoms with Gasteiger partial charge in [0.05, 0.1) is 0 Å². The number of nitrogens with one attached hydrogen (secondary N) is 1. The summed E-state index contributed by atoms with van der Waals surface area (Å²) in [6.07, 6.45) is 1.26. The Morgan fingerprint density at radius 3 is 2.50 bits per heavy atom. The summed E-state index contributed by atoms with van der Waals surface area (Å²) in [6, 6.07) is 17.1. The second-order valence-corrected chi connectivity index (χ2v) is 6.97. The average Bonchev–Trinajstić information content (AvgIpc) is 2.98. The third-order valence-corrected chi connectivity index (χ3v) is 5.08. The van der Waals surface area contributed by atoms with Gasteiger partial charge in [-0.25, -0.2) is 0 Å². The van der Waals surface area contributed by atoms with Gasteiger partial charge < -0.3 is 10.2 Å². The van der Waals surface area contributed by atoms with Crippen molar-refractivity contribution in [3.63, 3.8) is 0 Å². The lowest BCUT2D eigenvalue weighted by atomic mass is 9.97. The topological polar surface area (TPSA) is 61.8 Å². The van der Waals surface area contributed by atoms with Crippen LogP contribution >= 0.6 is 0 Å². The smallest absolute Gasteiger partial charge is 0.272 e. The van der Waals surface area contributed by atoms with Crippen LogP contribution in [-0.2, 0) is 4.79 Å². The number of aryl methyl sites for hydroxylation is 1. The minimum absolute atomic E-state index is 0.0349. The van der Waals surface area contributed by atoms with Crippen molar-refractivity contribution < 1.29 is 9.59 Å². The Kier molecular flexibility index (Phi) is 4.07. The second-order valence-electron chi connectivity index (χ2n) is 6.97. The van der Waals surface area contributed by atoms with Crippen molar-refractivity contribution in [3.05, 3.63) is 71.3 Å². The lowest BCUT2D eigenvalue weighted by Gasteiger charge is -2.37. The predicted octanol–water partition coefficient (Wildman–Crippen LogP) is 2.55. The molecule has 2 aliphatic heterocycles. The van der Waals surface area contributed by atoms with Gasteiger partial charge in [0.2, 0.25) is 0 Å². The van der Waals surface area contributed by atoms with Gasteiger partial charge in [-0.3, -0.25) is 14.6 Å². The van der Waals surface area contributed by atoms with Crippen LogP contribution in [0.4, 0.5) is 0 Å². The molecule has 0 atom stereocenters. The molecule has 26 heavy (non-hydrogen) atoms. The molecular formula is C21H21N3O2. The van der Waals surface area contributed by atoms with Gasteiger partial charge in [-0.1, -0.05) is 42.0 Å². The number of hydrogen-bond donors (Lipinski definition) is 1. The van der Waals surface area contributed by atoms with E-state index in [0.717, 1.165) is 11.1 Å². The summed E-state index contributed by atoms with van der Waals surface area (Å²) in [6.45, 7) is 3.16. The maximum Gasteiger partial charge on any atom is 0.272 e. The number of piperidine rings is 1. The van der Waals surface area contributed by atoms with Crippen molar-refractivity contribution in [2.75, 3.05) is 13.1 Å². The Bertz CT molecular complexity index is 881. The van der Waals surface area contributed by atoms with Crippen molar-refractivity contribution in [1.82, 2.24) is 10.2 Å². The van der Waals surface area contributed by atoms with Crippen LogP contribution in [0.15, 0.2) is 59.6 Å². The number of likely N-dealkylation sites (tertiary alicyclic amines) is 1. The molecule has 1 fully saturated rings. The Balaban J connectivity index is 1.50. The molecule has 0 aliphatic carbocycles. The number of amides is 2. The monoisotopic (exact) mass is 347 g/mol. The summed E-state index contributed by atoms with van der Waals surface area (Å²) in [4.78, 5) is 31.7. The van der Waals surface area contributed by atoms with Crippen LogP contribution in [-0.4, -0.2) is 41.2 Å².